The van der Waals surface area contributed by atoms with Crippen molar-refractivity contribution >= 4 is 45.9 Å². The standard InChI is InChI=1S/C20H16ClF4N5OS/c1-30-17(26)15(18(31)28-11-4-5-13(22)12(21)7-11)16(29-30)10-3-2-9(6-10)14-8-27-19(32-14)20(23,24)25/h3-5,7-9H,2,6,26H2,1H3,(H,28,31). The largest absolute Gasteiger partial charge is 0.443 e. The third kappa shape index (κ3) is 4.22. The number of nitrogens with one attached hydrogen (secondary N) is 1. The number of carbonyl (C=O) groups is 1. The molecule has 4 rings (SSSR count). The maximum absolute atomic E-state index is 13.4. The quantitative estimate of drug-likeness (QED) is 0.479. The molecule has 2 aromatic heterocycles. The SMILES string of the molecule is Cn1nc(C2=CCC(c3cnc(C(F)(F)F)s3)C2)c(C(=O)Nc2ccc(F)c(Cl)c2)c1N. The number of carbonyl (C=O) groups excluding carboxylic acids is 1. The maximum Gasteiger partial charge on any atom is 0.443 e. The molecule has 12 heteroatoms. The van der Waals surface area contributed by atoms with Gasteiger partial charge in [-0.25, -0.2) is 9.37 Å². The van der Waals surface area contributed by atoms with Crippen molar-refractivity contribution in [2.45, 2.75) is 24.9 Å². The van der Waals surface area contributed by atoms with E-state index in [1.807, 2.05) is 6.08 Å². The van der Waals surface area contributed by atoms with Gasteiger partial charge in [0.1, 0.15) is 22.9 Å². The van der Waals surface area contributed by atoms with E-state index in [-0.39, 0.29) is 28.0 Å². The zero-order chi connectivity index (χ0) is 23.2. The molecule has 1 aliphatic carbocycles. The number of hydrogen-bond donors (Lipinski definition) is 2. The summed E-state index contributed by atoms with van der Waals surface area (Å²) < 4.78 is 53.4. The molecule has 32 heavy (non-hydrogen) atoms. The Hall–Kier alpha value is -2.92. The lowest BCUT2D eigenvalue weighted by molar-refractivity contribution is -0.137. The lowest BCUT2D eigenvalue weighted by Gasteiger charge is -2.09. The summed E-state index contributed by atoms with van der Waals surface area (Å²) in [5, 5.41) is 5.93. The molecule has 0 bridgehead atoms. The van der Waals surface area contributed by atoms with Gasteiger partial charge in [-0.15, -0.1) is 11.3 Å². The van der Waals surface area contributed by atoms with Crippen LogP contribution in [0.4, 0.5) is 29.1 Å². The van der Waals surface area contributed by atoms with Crippen LogP contribution in [-0.2, 0) is 13.2 Å². The van der Waals surface area contributed by atoms with E-state index in [9.17, 15) is 22.4 Å². The monoisotopic (exact) mass is 485 g/mol. The molecule has 1 atom stereocenters. The normalized spacial score (nSPS) is 16.3. The molecule has 0 saturated carbocycles. The van der Waals surface area contributed by atoms with E-state index in [2.05, 4.69) is 15.4 Å². The van der Waals surface area contributed by atoms with E-state index >= 15 is 0 Å². The summed E-state index contributed by atoms with van der Waals surface area (Å²) in [4.78, 5) is 16.9. The van der Waals surface area contributed by atoms with Gasteiger partial charge >= 0.3 is 6.18 Å². The van der Waals surface area contributed by atoms with Gasteiger partial charge in [-0.05, 0) is 36.6 Å². The molecule has 1 aliphatic rings. The number of aryl methyl sites for hydroxylation is 1. The van der Waals surface area contributed by atoms with Crippen molar-refractivity contribution in [2.24, 2.45) is 7.05 Å². The Morgan fingerprint density at radius 1 is 1.38 bits per heavy atom. The number of nitrogens with two attached hydrogens (primary N) is 1. The fraction of sp³-hybridized carbons (Fsp3) is 0.250. The Morgan fingerprint density at radius 2 is 2.12 bits per heavy atom. The smallest absolute Gasteiger partial charge is 0.383 e. The van der Waals surface area contributed by atoms with Crippen molar-refractivity contribution in [3.05, 3.63) is 62.5 Å². The molecule has 1 amide bonds. The van der Waals surface area contributed by atoms with Crippen LogP contribution in [0.15, 0.2) is 30.5 Å². The molecule has 3 N–H and O–H groups in total. The zero-order valence-corrected chi connectivity index (χ0v) is 18.1. The molecule has 6 nitrogen and oxygen atoms in total. The molecule has 0 fully saturated rings. The van der Waals surface area contributed by atoms with Crippen molar-refractivity contribution in [1.29, 1.82) is 0 Å². The Kier molecular flexibility index (Phi) is 5.72. The highest BCUT2D eigenvalue weighted by Crippen LogP contribution is 2.43. The molecule has 1 unspecified atom stereocenters. The summed E-state index contributed by atoms with van der Waals surface area (Å²) in [6.07, 6.45) is -0.529. The van der Waals surface area contributed by atoms with Gasteiger partial charge < -0.3 is 11.1 Å². The van der Waals surface area contributed by atoms with E-state index < -0.39 is 22.9 Å². The predicted octanol–water partition coefficient (Wildman–Crippen LogP) is 5.48. The second kappa shape index (κ2) is 8.21. The number of amides is 1. The van der Waals surface area contributed by atoms with Gasteiger partial charge in [0.05, 0.1) is 5.02 Å². The number of anilines is 2. The van der Waals surface area contributed by atoms with Gasteiger partial charge in [0.2, 0.25) is 0 Å². The van der Waals surface area contributed by atoms with Gasteiger partial charge in [-0.1, -0.05) is 17.7 Å². The highest BCUT2D eigenvalue weighted by Gasteiger charge is 2.36. The van der Waals surface area contributed by atoms with E-state index in [1.165, 1.54) is 23.0 Å². The van der Waals surface area contributed by atoms with Crippen molar-refractivity contribution < 1.29 is 22.4 Å². The summed E-state index contributed by atoms with van der Waals surface area (Å²) in [5.41, 5.74) is 7.52. The number of nitrogens with zero attached hydrogens (tertiary/aromatic N) is 3. The number of rotatable bonds is 4. The van der Waals surface area contributed by atoms with Crippen LogP contribution in [0.1, 0.15) is 44.7 Å². The Bertz CT molecular complexity index is 1230. The van der Waals surface area contributed by atoms with Crippen molar-refractivity contribution in [3.8, 4) is 0 Å². The van der Waals surface area contributed by atoms with Crippen LogP contribution < -0.4 is 11.1 Å². The summed E-state index contributed by atoms with van der Waals surface area (Å²) in [6.45, 7) is 0. The van der Waals surface area contributed by atoms with Crippen molar-refractivity contribution in [3.63, 3.8) is 0 Å². The van der Waals surface area contributed by atoms with Crippen LogP contribution in [-0.4, -0.2) is 20.7 Å². The lowest BCUT2D eigenvalue weighted by atomic mass is 10.0. The van der Waals surface area contributed by atoms with Crippen LogP contribution in [0, 0.1) is 5.82 Å². The lowest BCUT2D eigenvalue weighted by Crippen LogP contribution is -2.15. The number of aromatic nitrogens is 3. The minimum atomic E-state index is -4.48. The first-order valence-electron chi connectivity index (χ1n) is 9.35. The highest BCUT2D eigenvalue weighted by atomic mass is 35.5. The van der Waals surface area contributed by atoms with Crippen LogP contribution in [0.5, 0.6) is 0 Å². The molecule has 0 spiro atoms. The van der Waals surface area contributed by atoms with E-state index in [4.69, 9.17) is 17.3 Å². The second-order valence-electron chi connectivity index (χ2n) is 7.25. The number of allylic oxidation sites excluding steroid dienone is 2. The molecule has 2 heterocycles. The first-order chi connectivity index (χ1) is 15.0. The number of alkyl halides is 3. The number of thiazole rings is 1. The number of benzene rings is 1. The fourth-order valence-corrected chi connectivity index (χ4v) is 4.56. The molecule has 1 aromatic carbocycles. The molecule has 0 aliphatic heterocycles. The molecular formula is C20H16ClF4N5OS. The van der Waals surface area contributed by atoms with E-state index in [1.54, 1.807) is 7.05 Å². The van der Waals surface area contributed by atoms with Crippen molar-refractivity contribution in [1.82, 2.24) is 14.8 Å². The molecule has 0 radical (unpaired) electrons. The highest BCUT2D eigenvalue weighted by molar-refractivity contribution is 7.11. The predicted molar refractivity (Wildman–Crippen MR) is 114 cm³/mol. The molecule has 3 aromatic rings. The minimum absolute atomic E-state index is 0.118. The van der Waals surface area contributed by atoms with E-state index in [0.717, 1.165) is 6.07 Å². The summed E-state index contributed by atoms with van der Waals surface area (Å²) in [5.74, 6) is -1.26. The molecular weight excluding hydrogens is 470 g/mol. The average Bonchev–Trinajstić information content (AvgIpc) is 3.43. The van der Waals surface area contributed by atoms with Crippen LogP contribution in [0.25, 0.3) is 5.57 Å². The topological polar surface area (TPSA) is 85.8 Å². The third-order valence-electron chi connectivity index (χ3n) is 5.08. The van der Waals surface area contributed by atoms with Crippen molar-refractivity contribution in [2.75, 3.05) is 11.1 Å². The van der Waals surface area contributed by atoms with Crippen LogP contribution >= 0.6 is 22.9 Å². The number of halogens is 5. The molecule has 168 valence electrons. The Labute approximate surface area is 188 Å². The Morgan fingerprint density at radius 3 is 2.78 bits per heavy atom. The van der Waals surface area contributed by atoms with Gasteiger partial charge in [0.25, 0.3) is 5.91 Å². The first kappa shape index (κ1) is 22.3. The third-order valence-corrected chi connectivity index (χ3v) is 6.58. The van der Waals surface area contributed by atoms with Gasteiger partial charge in [-0.3, -0.25) is 9.48 Å². The average molecular weight is 486 g/mol. The summed E-state index contributed by atoms with van der Waals surface area (Å²) in [6, 6.07) is 3.76. The Balaban J connectivity index is 1.57. The maximum atomic E-state index is 13.4. The number of hydrogen-bond acceptors (Lipinski definition) is 5. The van der Waals surface area contributed by atoms with Gasteiger partial charge in [-0.2, -0.15) is 18.3 Å². The van der Waals surface area contributed by atoms with E-state index in [0.29, 0.717) is 40.3 Å². The van der Waals surface area contributed by atoms with Crippen LogP contribution in [0.3, 0.4) is 0 Å². The zero-order valence-electron chi connectivity index (χ0n) is 16.5. The minimum Gasteiger partial charge on any atom is -0.383 e. The second-order valence-corrected chi connectivity index (χ2v) is 8.72. The molecule has 0 saturated heterocycles. The van der Waals surface area contributed by atoms with Gasteiger partial charge in [0.15, 0.2) is 5.01 Å². The van der Waals surface area contributed by atoms with Gasteiger partial charge in [0, 0.05) is 29.7 Å². The summed E-state index contributed by atoms with van der Waals surface area (Å²) >= 11 is 6.38. The van der Waals surface area contributed by atoms with Crippen LogP contribution in [0.2, 0.25) is 5.02 Å². The summed E-state index contributed by atoms with van der Waals surface area (Å²) in [7, 11) is 1.58. The first-order valence-corrected chi connectivity index (χ1v) is 10.5. The fourth-order valence-electron chi connectivity index (χ4n) is 3.49. The number of nitrogen functional groups attached to an aromatic ring is 1.